The number of aliphatic hydroxyl groups is 1. The first-order valence-corrected chi connectivity index (χ1v) is 7.34. The summed E-state index contributed by atoms with van der Waals surface area (Å²) in [6.07, 6.45) is -0.683. The minimum absolute atomic E-state index is 0.124. The number of para-hydroxylation sites is 1. The second-order valence-corrected chi connectivity index (χ2v) is 5.10. The lowest BCUT2D eigenvalue weighted by atomic mass is 10.1. The van der Waals surface area contributed by atoms with Crippen LogP contribution in [0.15, 0.2) is 18.2 Å². The number of anilines is 2. The molecule has 1 saturated heterocycles. The van der Waals surface area contributed by atoms with Gasteiger partial charge in [0.15, 0.2) is 0 Å². The number of benzene rings is 1. The summed E-state index contributed by atoms with van der Waals surface area (Å²) in [4.78, 5) is 13.4. The van der Waals surface area contributed by atoms with Crippen molar-refractivity contribution in [3.8, 4) is 0 Å². The molecule has 0 amide bonds. The molecular formula is C14H19ClN2O4. The summed E-state index contributed by atoms with van der Waals surface area (Å²) in [5, 5.41) is 22.0. The lowest BCUT2D eigenvalue weighted by Gasteiger charge is -2.32. The highest BCUT2D eigenvalue weighted by molar-refractivity contribution is 6.18. The van der Waals surface area contributed by atoms with Crippen LogP contribution in [0.25, 0.3) is 0 Å². The smallest absolute Gasteiger partial charge is 0.337 e. The van der Waals surface area contributed by atoms with Crippen LogP contribution < -0.4 is 10.2 Å². The van der Waals surface area contributed by atoms with Crippen molar-refractivity contribution < 1.29 is 19.7 Å². The molecule has 1 heterocycles. The number of hydrogen-bond acceptors (Lipinski definition) is 5. The molecule has 1 aromatic carbocycles. The summed E-state index contributed by atoms with van der Waals surface area (Å²) >= 11 is 5.58. The fourth-order valence-electron chi connectivity index (χ4n) is 2.27. The van der Waals surface area contributed by atoms with E-state index in [0.717, 1.165) is 0 Å². The van der Waals surface area contributed by atoms with Gasteiger partial charge in [-0.1, -0.05) is 6.07 Å². The third-order valence-electron chi connectivity index (χ3n) is 3.30. The van der Waals surface area contributed by atoms with Gasteiger partial charge >= 0.3 is 5.97 Å². The normalized spacial score (nSPS) is 16.6. The van der Waals surface area contributed by atoms with Crippen molar-refractivity contribution in [3.05, 3.63) is 23.8 Å². The highest BCUT2D eigenvalue weighted by Gasteiger charge is 2.22. The molecule has 116 valence electrons. The third kappa shape index (κ3) is 4.00. The largest absolute Gasteiger partial charge is 0.478 e. The van der Waals surface area contributed by atoms with Gasteiger partial charge in [0.05, 0.1) is 42.1 Å². The zero-order valence-electron chi connectivity index (χ0n) is 11.6. The quantitative estimate of drug-likeness (QED) is 0.685. The molecule has 1 aromatic rings. The number of aromatic carboxylic acids is 1. The number of carboxylic acids is 1. The van der Waals surface area contributed by atoms with E-state index in [-0.39, 0.29) is 18.0 Å². The molecule has 21 heavy (non-hydrogen) atoms. The molecule has 0 saturated carbocycles. The zero-order valence-corrected chi connectivity index (χ0v) is 12.3. The molecule has 1 aliphatic rings. The van der Waals surface area contributed by atoms with Gasteiger partial charge in [0.25, 0.3) is 0 Å². The second-order valence-electron chi connectivity index (χ2n) is 4.80. The van der Waals surface area contributed by atoms with Crippen LogP contribution in [0.5, 0.6) is 0 Å². The monoisotopic (exact) mass is 314 g/mol. The fraction of sp³-hybridized carbons (Fsp3) is 0.500. The van der Waals surface area contributed by atoms with Crippen LogP contribution in [0.3, 0.4) is 0 Å². The van der Waals surface area contributed by atoms with Crippen LogP contribution in [-0.2, 0) is 4.74 Å². The van der Waals surface area contributed by atoms with E-state index >= 15 is 0 Å². The molecule has 7 heteroatoms. The maximum atomic E-state index is 11.5. The molecule has 0 bridgehead atoms. The molecule has 6 nitrogen and oxygen atoms in total. The Labute approximate surface area is 128 Å². The molecule has 1 atom stereocenters. The number of nitrogens with zero attached hydrogens (tertiary/aromatic N) is 1. The Bertz CT molecular complexity index is 492. The lowest BCUT2D eigenvalue weighted by molar-refractivity contribution is 0.0696. The molecule has 0 radical (unpaired) electrons. The number of hydrogen-bond donors (Lipinski definition) is 3. The van der Waals surface area contributed by atoms with Crippen molar-refractivity contribution in [2.45, 2.75) is 6.10 Å². The number of halogens is 1. The minimum Gasteiger partial charge on any atom is -0.478 e. The van der Waals surface area contributed by atoms with Gasteiger partial charge in [-0.05, 0) is 12.1 Å². The number of carbonyl (C=O) groups is 1. The number of alkyl halides is 1. The van der Waals surface area contributed by atoms with E-state index in [1.165, 1.54) is 0 Å². The van der Waals surface area contributed by atoms with Crippen LogP contribution in [0.2, 0.25) is 0 Å². The predicted molar refractivity (Wildman–Crippen MR) is 81.6 cm³/mol. The fourth-order valence-corrected chi connectivity index (χ4v) is 2.38. The molecule has 1 unspecified atom stereocenters. The Balaban J connectivity index is 2.29. The molecule has 0 aromatic heterocycles. The Kier molecular flexibility index (Phi) is 5.67. The molecular weight excluding hydrogens is 296 g/mol. The van der Waals surface area contributed by atoms with Crippen molar-refractivity contribution in [1.82, 2.24) is 0 Å². The van der Waals surface area contributed by atoms with E-state index in [2.05, 4.69) is 5.32 Å². The van der Waals surface area contributed by atoms with Crippen molar-refractivity contribution in [3.63, 3.8) is 0 Å². The number of morpholine rings is 1. The summed E-state index contributed by atoms with van der Waals surface area (Å²) in [5.74, 6) is -0.851. The van der Waals surface area contributed by atoms with Crippen LogP contribution in [0.4, 0.5) is 11.4 Å². The summed E-state index contributed by atoms with van der Waals surface area (Å²) < 4.78 is 5.31. The summed E-state index contributed by atoms with van der Waals surface area (Å²) in [7, 11) is 0. The van der Waals surface area contributed by atoms with Gasteiger partial charge in [0.1, 0.15) is 0 Å². The van der Waals surface area contributed by atoms with Crippen LogP contribution >= 0.6 is 11.6 Å². The van der Waals surface area contributed by atoms with Gasteiger partial charge in [0.2, 0.25) is 0 Å². The third-order valence-corrected chi connectivity index (χ3v) is 3.66. The number of aliphatic hydroxyl groups excluding tert-OH is 1. The summed E-state index contributed by atoms with van der Waals surface area (Å²) in [5.41, 5.74) is 1.55. The lowest BCUT2D eigenvalue weighted by Crippen LogP contribution is -2.37. The number of rotatable bonds is 6. The van der Waals surface area contributed by atoms with Gasteiger partial charge in [0, 0.05) is 19.6 Å². The van der Waals surface area contributed by atoms with E-state index in [4.69, 9.17) is 16.3 Å². The maximum Gasteiger partial charge on any atom is 0.337 e. The molecule has 3 N–H and O–H groups in total. The van der Waals surface area contributed by atoms with E-state index in [1.54, 1.807) is 18.2 Å². The number of nitrogens with one attached hydrogen (secondary N) is 1. The van der Waals surface area contributed by atoms with Crippen LogP contribution in [0.1, 0.15) is 10.4 Å². The molecule has 2 rings (SSSR count). The van der Waals surface area contributed by atoms with Crippen molar-refractivity contribution >= 4 is 28.9 Å². The van der Waals surface area contributed by atoms with Crippen molar-refractivity contribution in [2.24, 2.45) is 0 Å². The first-order chi connectivity index (χ1) is 10.1. The zero-order chi connectivity index (χ0) is 15.2. The average molecular weight is 315 g/mol. The molecule has 0 spiro atoms. The van der Waals surface area contributed by atoms with Gasteiger partial charge < -0.3 is 25.2 Å². The highest BCUT2D eigenvalue weighted by Crippen LogP contribution is 2.31. The summed E-state index contributed by atoms with van der Waals surface area (Å²) in [6, 6.07) is 5.07. The van der Waals surface area contributed by atoms with Gasteiger partial charge in [-0.15, -0.1) is 11.6 Å². The first kappa shape index (κ1) is 15.9. The summed E-state index contributed by atoms with van der Waals surface area (Å²) in [6.45, 7) is 2.67. The van der Waals surface area contributed by atoms with E-state index < -0.39 is 12.1 Å². The first-order valence-electron chi connectivity index (χ1n) is 6.80. The number of carboxylic acid groups (broad SMARTS) is 1. The Morgan fingerprint density at radius 2 is 2.14 bits per heavy atom. The van der Waals surface area contributed by atoms with E-state index in [0.29, 0.717) is 37.7 Å². The predicted octanol–water partition coefficient (Wildman–Crippen LogP) is 1.23. The average Bonchev–Trinajstić information content (AvgIpc) is 2.52. The topological polar surface area (TPSA) is 82.0 Å². The van der Waals surface area contributed by atoms with Gasteiger partial charge in [-0.2, -0.15) is 0 Å². The maximum absolute atomic E-state index is 11.5. The Hall–Kier alpha value is -1.50. The van der Waals surface area contributed by atoms with Crippen LogP contribution in [0, 0.1) is 0 Å². The molecule has 0 aliphatic carbocycles. The van der Waals surface area contributed by atoms with Gasteiger partial charge in [-0.3, -0.25) is 0 Å². The molecule has 1 aliphatic heterocycles. The van der Waals surface area contributed by atoms with E-state index in [9.17, 15) is 15.0 Å². The van der Waals surface area contributed by atoms with Crippen LogP contribution in [-0.4, -0.2) is 61.0 Å². The number of ether oxygens (including phenoxy) is 1. The van der Waals surface area contributed by atoms with Crippen molar-refractivity contribution in [1.29, 1.82) is 0 Å². The standard InChI is InChI=1S/C14H19ClN2O4/c15-8-10(18)9-16-12-3-1-2-11(14(19)20)13(12)17-4-6-21-7-5-17/h1-3,10,16,18H,4-9H2,(H,19,20). The Morgan fingerprint density at radius 1 is 1.43 bits per heavy atom. The second kappa shape index (κ2) is 7.49. The highest BCUT2D eigenvalue weighted by atomic mass is 35.5. The van der Waals surface area contributed by atoms with E-state index in [1.807, 2.05) is 4.90 Å². The van der Waals surface area contributed by atoms with Gasteiger partial charge in [-0.25, -0.2) is 4.79 Å². The van der Waals surface area contributed by atoms with Crippen molar-refractivity contribution in [2.75, 3.05) is 48.9 Å². The SMILES string of the molecule is O=C(O)c1cccc(NCC(O)CCl)c1N1CCOCC1. The minimum atomic E-state index is -0.974. The molecule has 1 fully saturated rings. The Morgan fingerprint density at radius 3 is 2.76 bits per heavy atom.